The topological polar surface area (TPSA) is 37.3 Å². The number of unbranched alkanes of at least 4 members (excludes halogenated alkanes) is 2. The van der Waals surface area contributed by atoms with Crippen molar-refractivity contribution < 1.29 is 9.90 Å². The molecule has 0 aromatic carbocycles. The maximum Gasteiger partial charge on any atom is 0.303 e. The summed E-state index contributed by atoms with van der Waals surface area (Å²) >= 11 is 0. The van der Waals surface area contributed by atoms with Crippen LogP contribution in [-0.4, -0.2) is 11.1 Å². The van der Waals surface area contributed by atoms with E-state index in [2.05, 4.69) is 19.1 Å². The molecule has 0 bridgehead atoms. The van der Waals surface area contributed by atoms with Gasteiger partial charge in [0.05, 0.1) is 0 Å². The molecule has 0 heterocycles. The van der Waals surface area contributed by atoms with Gasteiger partial charge < -0.3 is 5.11 Å². The van der Waals surface area contributed by atoms with Crippen molar-refractivity contribution in [2.24, 2.45) is 0 Å². The lowest BCUT2D eigenvalue weighted by Crippen LogP contribution is -1.92. The predicted molar refractivity (Wildman–Crippen MR) is 45.5 cm³/mol. The second-order valence-corrected chi connectivity index (χ2v) is 2.52. The summed E-state index contributed by atoms with van der Waals surface area (Å²) in [5.74, 6) is -0.690. The van der Waals surface area contributed by atoms with Crippen molar-refractivity contribution in [1.29, 1.82) is 0 Å². The predicted octanol–water partition coefficient (Wildman–Crippen LogP) is 2.60. The van der Waals surface area contributed by atoms with Gasteiger partial charge in [-0.1, -0.05) is 19.1 Å². The van der Waals surface area contributed by atoms with Gasteiger partial charge in [-0.15, -0.1) is 0 Å². The SMILES string of the molecule is CC/C=C/CCCCC(=O)O. The monoisotopic (exact) mass is 156 g/mol. The molecular formula is C9H16O2. The van der Waals surface area contributed by atoms with Gasteiger partial charge in [0, 0.05) is 6.42 Å². The highest BCUT2D eigenvalue weighted by Crippen LogP contribution is 2.00. The van der Waals surface area contributed by atoms with Crippen molar-refractivity contribution in [2.45, 2.75) is 39.0 Å². The lowest BCUT2D eigenvalue weighted by atomic mass is 10.2. The van der Waals surface area contributed by atoms with E-state index in [1.807, 2.05) is 0 Å². The summed E-state index contributed by atoms with van der Waals surface area (Å²) in [7, 11) is 0. The first-order valence-corrected chi connectivity index (χ1v) is 4.14. The van der Waals surface area contributed by atoms with Crippen LogP contribution in [0.5, 0.6) is 0 Å². The summed E-state index contributed by atoms with van der Waals surface area (Å²) in [6, 6.07) is 0. The molecule has 0 amide bonds. The summed E-state index contributed by atoms with van der Waals surface area (Å²) in [5, 5.41) is 8.30. The van der Waals surface area contributed by atoms with Gasteiger partial charge in [-0.3, -0.25) is 4.79 Å². The number of hydrogen-bond acceptors (Lipinski definition) is 1. The standard InChI is InChI=1S/C9H16O2/c1-2-3-4-5-6-7-8-9(10)11/h3-4H,2,5-8H2,1H3,(H,10,11)/b4-3+. The molecule has 0 spiro atoms. The Labute approximate surface area is 67.9 Å². The molecule has 0 unspecified atom stereocenters. The molecule has 0 saturated heterocycles. The number of carbonyl (C=O) groups is 1. The molecule has 0 aromatic rings. The molecule has 0 aliphatic rings. The normalized spacial score (nSPS) is 10.6. The van der Waals surface area contributed by atoms with Crippen LogP contribution in [0.1, 0.15) is 39.0 Å². The first-order chi connectivity index (χ1) is 5.27. The highest BCUT2D eigenvalue weighted by atomic mass is 16.4. The van der Waals surface area contributed by atoms with Gasteiger partial charge in [-0.25, -0.2) is 0 Å². The molecule has 0 aromatic heterocycles. The lowest BCUT2D eigenvalue weighted by molar-refractivity contribution is -0.137. The third-order valence-corrected chi connectivity index (χ3v) is 1.41. The average molecular weight is 156 g/mol. The summed E-state index contributed by atoms with van der Waals surface area (Å²) in [5.41, 5.74) is 0. The average Bonchev–Trinajstić information content (AvgIpc) is 1.96. The Morgan fingerprint density at radius 2 is 2.09 bits per heavy atom. The Kier molecular flexibility index (Phi) is 6.79. The molecule has 1 N–H and O–H groups in total. The van der Waals surface area contributed by atoms with Crippen molar-refractivity contribution in [3.05, 3.63) is 12.2 Å². The minimum Gasteiger partial charge on any atom is -0.481 e. The van der Waals surface area contributed by atoms with Crippen molar-refractivity contribution in [1.82, 2.24) is 0 Å². The van der Waals surface area contributed by atoms with Gasteiger partial charge in [0.1, 0.15) is 0 Å². The Bertz CT molecular complexity index is 128. The first-order valence-electron chi connectivity index (χ1n) is 4.14. The molecule has 0 aliphatic heterocycles. The summed E-state index contributed by atoms with van der Waals surface area (Å²) in [6.07, 6.45) is 8.40. The van der Waals surface area contributed by atoms with Crippen molar-refractivity contribution >= 4 is 5.97 Å². The third-order valence-electron chi connectivity index (χ3n) is 1.41. The Balaban J connectivity index is 3.02. The number of allylic oxidation sites excluding steroid dienone is 2. The highest BCUT2D eigenvalue weighted by molar-refractivity contribution is 5.66. The highest BCUT2D eigenvalue weighted by Gasteiger charge is 1.93. The molecule has 0 aliphatic carbocycles. The van der Waals surface area contributed by atoms with E-state index in [1.165, 1.54) is 0 Å². The lowest BCUT2D eigenvalue weighted by Gasteiger charge is -1.92. The van der Waals surface area contributed by atoms with Gasteiger partial charge in [0.15, 0.2) is 0 Å². The van der Waals surface area contributed by atoms with Crippen LogP contribution >= 0.6 is 0 Å². The van der Waals surface area contributed by atoms with Gasteiger partial charge in [-0.05, 0) is 25.7 Å². The number of carboxylic acids is 1. The van der Waals surface area contributed by atoms with E-state index < -0.39 is 5.97 Å². The molecular weight excluding hydrogens is 140 g/mol. The van der Waals surface area contributed by atoms with Gasteiger partial charge >= 0.3 is 5.97 Å². The van der Waals surface area contributed by atoms with E-state index in [0.29, 0.717) is 6.42 Å². The van der Waals surface area contributed by atoms with Crippen LogP contribution in [0.2, 0.25) is 0 Å². The van der Waals surface area contributed by atoms with E-state index in [0.717, 1.165) is 25.7 Å². The molecule has 64 valence electrons. The van der Waals surface area contributed by atoms with Crippen LogP contribution in [0, 0.1) is 0 Å². The van der Waals surface area contributed by atoms with Crippen molar-refractivity contribution in [2.75, 3.05) is 0 Å². The molecule has 0 rings (SSSR count). The van der Waals surface area contributed by atoms with Crippen LogP contribution in [0.15, 0.2) is 12.2 Å². The number of aliphatic carboxylic acids is 1. The minimum absolute atomic E-state index is 0.306. The van der Waals surface area contributed by atoms with Crippen LogP contribution in [-0.2, 0) is 4.79 Å². The fourth-order valence-corrected chi connectivity index (χ4v) is 0.823. The number of rotatable bonds is 6. The van der Waals surface area contributed by atoms with Crippen LogP contribution in [0.25, 0.3) is 0 Å². The molecule has 0 radical (unpaired) electrons. The van der Waals surface area contributed by atoms with E-state index in [-0.39, 0.29) is 0 Å². The third kappa shape index (κ3) is 9.21. The molecule has 0 atom stereocenters. The molecule has 0 saturated carbocycles. The summed E-state index contributed by atoms with van der Waals surface area (Å²) < 4.78 is 0. The molecule has 11 heavy (non-hydrogen) atoms. The summed E-state index contributed by atoms with van der Waals surface area (Å²) in [4.78, 5) is 10.1. The van der Waals surface area contributed by atoms with Gasteiger partial charge in [0.2, 0.25) is 0 Å². The zero-order chi connectivity index (χ0) is 8.53. The van der Waals surface area contributed by atoms with Crippen LogP contribution < -0.4 is 0 Å². The number of hydrogen-bond donors (Lipinski definition) is 1. The van der Waals surface area contributed by atoms with E-state index >= 15 is 0 Å². The van der Waals surface area contributed by atoms with E-state index in [4.69, 9.17) is 5.11 Å². The molecule has 2 nitrogen and oxygen atoms in total. The zero-order valence-electron chi connectivity index (χ0n) is 7.05. The van der Waals surface area contributed by atoms with Crippen LogP contribution in [0.4, 0.5) is 0 Å². The first kappa shape index (κ1) is 10.2. The van der Waals surface area contributed by atoms with Crippen molar-refractivity contribution in [3.63, 3.8) is 0 Å². The molecule has 2 heteroatoms. The Morgan fingerprint density at radius 1 is 1.36 bits per heavy atom. The maximum atomic E-state index is 10.1. The largest absolute Gasteiger partial charge is 0.481 e. The van der Waals surface area contributed by atoms with Gasteiger partial charge in [-0.2, -0.15) is 0 Å². The van der Waals surface area contributed by atoms with Crippen molar-refractivity contribution in [3.8, 4) is 0 Å². The van der Waals surface area contributed by atoms with Crippen LogP contribution in [0.3, 0.4) is 0 Å². The quantitative estimate of drug-likeness (QED) is 0.474. The fraction of sp³-hybridized carbons (Fsp3) is 0.667. The fourth-order valence-electron chi connectivity index (χ4n) is 0.823. The second-order valence-electron chi connectivity index (χ2n) is 2.52. The summed E-state index contributed by atoms with van der Waals surface area (Å²) in [6.45, 7) is 2.09. The maximum absolute atomic E-state index is 10.1. The minimum atomic E-state index is -0.690. The Hall–Kier alpha value is -0.790. The van der Waals surface area contributed by atoms with E-state index in [1.54, 1.807) is 0 Å². The van der Waals surface area contributed by atoms with Gasteiger partial charge in [0.25, 0.3) is 0 Å². The van der Waals surface area contributed by atoms with E-state index in [9.17, 15) is 4.79 Å². The Morgan fingerprint density at radius 3 is 2.64 bits per heavy atom. The zero-order valence-corrected chi connectivity index (χ0v) is 7.05. The second kappa shape index (κ2) is 7.32. The smallest absolute Gasteiger partial charge is 0.303 e. The molecule has 0 fully saturated rings. The number of carboxylic acid groups (broad SMARTS) is 1.